The normalized spacial score (nSPS) is 11.2. The maximum Gasteiger partial charge on any atom is 0.332 e. The van der Waals surface area contributed by atoms with Gasteiger partial charge in [-0.3, -0.25) is 13.9 Å². The van der Waals surface area contributed by atoms with Crippen molar-refractivity contribution < 1.29 is 4.74 Å². The van der Waals surface area contributed by atoms with Gasteiger partial charge in [0.15, 0.2) is 11.2 Å². The molecule has 8 nitrogen and oxygen atoms in total. The molecule has 0 aliphatic carbocycles. The van der Waals surface area contributed by atoms with Gasteiger partial charge in [-0.2, -0.15) is 4.98 Å². The highest BCUT2D eigenvalue weighted by Crippen LogP contribution is 2.09. The summed E-state index contributed by atoms with van der Waals surface area (Å²) in [4.78, 5) is 30.7. The number of rotatable bonds is 6. The fourth-order valence-corrected chi connectivity index (χ4v) is 1.89. The Bertz CT molecular complexity index is 712. The van der Waals surface area contributed by atoms with Crippen LogP contribution in [0.25, 0.3) is 11.2 Å². The summed E-state index contributed by atoms with van der Waals surface area (Å²) in [6.45, 7) is 4.15. The van der Waals surface area contributed by atoms with Crippen LogP contribution in [0.4, 0.5) is 0 Å². The third-order valence-electron chi connectivity index (χ3n) is 3.02. The van der Waals surface area contributed by atoms with Crippen molar-refractivity contribution in [3.05, 3.63) is 20.8 Å². The molecule has 2 aromatic rings. The van der Waals surface area contributed by atoms with E-state index < -0.39 is 11.2 Å². The smallest absolute Gasteiger partial charge is 0.332 e. The van der Waals surface area contributed by atoms with Gasteiger partial charge in [-0.15, -0.1) is 0 Å². The number of aromatic amines is 1. The zero-order valence-corrected chi connectivity index (χ0v) is 11.9. The second-order valence-corrected chi connectivity index (χ2v) is 4.54. The molecule has 2 aromatic heterocycles. The highest BCUT2D eigenvalue weighted by molar-refractivity contribution is 5.70. The number of hydrogen-bond donors (Lipinski definition) is 2. The lowest BCUT2D eigenvalue weighted by Crippen LogP contribution is -2.36. The first-order valence-corrected chi connectivity index (χ1v) is 6.55. The first-order chi connectivity index (χ1) is 9.56. The van der Waals surface area contributed by atoms with Crippen molar-refractivity contribution in [3.63, 3.8) is 0 Å². The molecule has 0 unspecified atom stereocenters. The number of fused-ring (bicyclic) bond motifs is 1. The van der Waals surface area contributed by atoms with Crippen LogP contribution in [-0.4, -0.2) is 38.8 Å². The fraction of sp³-hybridized carbons (Fsp3) is 0.583. The molecule has 110 valence electrons. The molecule has 0 fully saturated rings. The number of nitrogens with zero attached hydrogens (tertiary/aromatic N) is 3. The van der Waals surface area contributed by atoms with Gasteiger partial charge in [0.05, 0.1) is 0 Å². The number of imidazole rings is 1. The fourth-order valence-electron chi connectivity index (χ4n) is 1.89. The van der Waals surface area contributed by atoms with Crippen LogP contribution < -0.4 is 21.3 Å². The molecule has 0 aliphatic rings. The highest BCUT2D eigenvalue weighted by atomic mass is 16.5. The first-order valence-electron chi connectivity index (χ1n) is 6.55. The molecule has 0 saturated carbocycles. The van der Waals surface area contributed by atoms with Crippen LogP contribution in [0.15, 0.2) is 9.59 Å². The topological polar surface area (TPSA) is 93.9 Å². The molecule has 2 heterocycles. The van der Waals surface area contributed by atoms with E-state index >= 15 is 0 Å². The summed E-state index contributed by atoms with van der Waals surface area (Å²) in [5.74, 6) is 0. The largest absolute Gasteiger partial charge is 0.463 e. The van der Waals surface area contributed by atoms with Gasteiger partial charge in [0.2, 0.25) is 0 Å². The Morgan fingerprint density at radius 1 is 1.25 bits per heavy atom. The van der Waals surface area contributed by atoms with E-state index in [1.165, 1.54) is 11.6 Å². The molecule has 20 heavy (non-hydrogen) atoms. The van der Waals surface area contributed by atoms with E-state index in [1.54, 1.807) is 7.05 Å². The van der Waals surface area contributed by atoms with Gasteiger partial charge in [-0.25, -0.2) is 4.79 Å². The van der Waals surface area contributed by atoms with Crippen LogP contribution >= 0.6 is 0 Å². The maximum atomic E-state index is 11.9. The molecule has 2 rings (SSSR count). The Labute approximate surface area is 115 Å². The Morgan fingerprint density at radius 3 is 2.70 bits per heavy atom. The van der Waals surface area contributed by atoms with E-state index in [0.29, 0.717) is 18.8 Å². The van der Waals surface area contributed by atoms with Gasteiger partial charge in [0, 0.05) is 20.6 Å². The standard InChI is InChI=1S/C12H19N5O3/c1-4-5-13-6-7-20-11-14-8-9(15-11)16(2)12(19)17(3)10(8)18/h13H,4-7H2,1-3H3,(H,14,15). The van der Waals surface area contributed by atoms with Crippen LogP contribution in [0.3, 0.4) is 0 Å². The van der Waals surface area contributed by atoms with Gasteiger partial charge in [-0.05, 0) is 13.0 Å². The summed E-state index contributed by atoms with van der Waals surface area (Å²) >= 11 is 0. The average molecular weight is 281 g/mol. The van der Waals surface area contributed by atoms with Crippen LogP contribution in [-0.2, 0) is 14.1 Å². The Balaban J connectivity index is 2.22. The minimum atomic E-state index is -0.412. The predicted octanol–water partition coefficient (Wildman–Crippen LogP) is -0.661. The van der Waals surface area contributed by atoms with Crippen LogP contribution in [0.2, 0.25) is 0 Å². The van der Waals surface area contributed by atoms with E-state index in [1.807, 2.05) is 0 Å². The molecule has 0 saturated heterocycles. The molecule has 0 atom stereocenters. The van der Waals surface area contributed by atoms with E-state index in [4.69, 9.17) is 4.74 Å². The van der Waals surface area contributed by atoms with E-state index in [0.717, 1.165) is 17.5 Å². The van der Waals surface area contributed by atoms with Gasteiger partial charge >= 0.3 is 5.69 Å². The Morgan fingerprint density at radius 2 is 2.00 bits per heavy atom. The van der Waals surface area contributed by atoms with Gasteiger partial charge in [-0.1, -0.05) is 6.92 Å². The zero-order chi connectivity index (χ0) is 14.7. The van der Waals surface area contributed by atoms with Crippen molar-refractivity contribution in [2.45, 2.75) is 13.3 Å². The molecule has 0 aliphatic heterocycles. The number of nitrogens with one attached hydrogen (secondary N) is 2. The minimum Gasteiger partial charge on any atom is -0.463 e. The van der Waals surface area contributed by atoms with Crippen molar-refractivity contribution in [3.8, 4) is 6.01 Å². The van der Waals surface area contributed by atoms with Gasteiger partial charge < -0.3 is 15.0 Å². The number of aryl methyl sites for hydroxylation is 1. The maximum absolute atomic E-state index is 11.9. The number of ether oxygens (including phenoxy) is 1. The third kappa shape index (κ3) is 2.60. The second-order valence-electron chi connectivity index (χ2n) is 4.54. The molecular formula is C12H19N5O3. The number of aromatic nitrogens is 4. The minimum absolute atomic E-state index is 0.247. The van der Waals surface area contributed by atoms with Crippen LogP contribution in [0, 0.1) is 0 Å². The molecule has 0 radical (unpaired) electrons. The summed E-state index contributed by atoms with van der Waals surface area (Å²) in [5.41, 5.74) is -0.250. The monoisotopic (exact) mass is 281 g/mol. The van der Waals surface area contributed by atoms with Gasteiger partial charge in [0.25, 0.3) is 11.6 Å². The summed E-state index contributed by atoms with van der Waals surface area (Å²) in [6, 6.07) is 0.247. The Kier molecular flexibility index (Phi) is 4.23. The predicted molar refractivity (Wildman–Crippen MR) is 75.2 cm³/mol. The summed E-state index contributed by atoms with van der Waals surface area (Å²) in [6.07, 6.45) is 1.06. The highest BCUT2D eigenvalue weighted by Gasteiger charge is 2.13. The van der Waals surface area contributed by atoms with Crippen LogP contribution in [0.1, 0.15) is 13.3 Å². The molecule has 0 bridgehead atoms. The summed E-state index contributed by atoms with van der Waals surface area (Å²) in [5, 5.41) is 3.19. The average Bonchev–Trinajstić information content (AvgIpc) is 2.87. The van der Waals surface area contributed by atoms with E-state index in [9.17, 15) is 9.59 Å². The lowest BCUT2D eigenvalue weighted by molar-refractivity contribution is 0.294. The molecule has 0 amide bonds. The lowest BCUT2D eigenvalue weighted by Gasteiger charge is -2.03. The van der Waals surface area contributed by atoms with Crippen molar-refractivity contribution in [1.82, 2.24) is 24.4 Å². The molecule has 2 N–H and O–H groups in total. The van der Waals surface area contributed by atoms with Crippen LogP contribution in [0.5, 0.6) is 6.01 Å². The van der Waals surface area contributed by atoms with Gasteiger partial charge in [0.1, 0.15) is 6.61 Å². The quantitative estimate of drug-likeness (QED) is 0.685. The molecule has 0 spiro atoms. The summed E-state index contributed by atoms with van der Waals surface area (Å²) in [7, 11) is 3.00. The van der Waals surface area contributed by atoms with Crippen molar-refractivity contribution >= 4 is 11.2 Å². The number of H-pyrrole nitrogens is 1. The zero-order valence-electron chi connectivity index (χ0n) is 11.9. The third-order valence-corrected chi connectivity index (χ3v) is 3.02. The van der Waals surface area contributed by atoms with Crippen molar-refractivity contribution in [1.29, 1.82) is 0 Å². The SMILES string of the molecule is CCCNCCOc1nc2c([nH]1)c(=O)n(C)c(=O)n2C. The summed E-state index contributed by atoms with van der Waals surface area (Å²) < 4.78 is 7.78. The van der Waals surface area contributed by atoms with E-state index in [-0.39, 0.29) is 11.5 Å². The van der Waals surface area contributed by atoms with Crippen molar-refractivity contribution in [2.75, 3.05) is 19.7 Å². The van der Waals surface area contributed by atoms with E-state index in [2.05, 4.69) is 22.2 Å². The lowest BCUT2D eigenvalue weighted by atomic mass is 10.5. The van der Waals surface area contributed by atoms with Crippen molar-refractivity contribution in [2.24, 2.45) is 14.1 Å². The molecule has 8 heteroatoms. The number of hydrogen-bond acceptors (Lipinski definition) is 5. The molecule has 0 aromatic carbocycles. The first kappa shape index (κ1) is 14.3. The second kappa shape index (κ2) is 5.91. The Hall–Kier alpha value is -2.09. The molecular weight excluding hydrogens is 262 g/mol.